The Morgan fingerprint density at radius 3 is 1.58 bits per heavy atom. The quantitative estimate of drug-likeness (QED) is 0.781. The molecular weight excluding hydrogens is 282 g/mol. The third kappa shape index (κ3) is 3.82. The minimum absolute atomic E-state index is 0.141. The fraction of sp³-hybridized carbons (Fsp3) is 0.143. The van der Waals surface area contributed by atoms with Crippen LogP contribution in [0.4, 0.5) is 0 Å². The molecule has 0 aliphatic rings. The minimum Gasteiger partial charge on any atom is -0.529 e. The maximum atomic E-state index is 5.94. The Hall–Kier alpha value is -1.32. The van der Waals surface area contributed by atoms with Crippen molar-refractivity contribution >= 4 is 30.9 Å². The highest BCUT2D eigenvalue weighted by atomic mass is 35.5. The maximum absolute atomic E-state index is 5.94. The molecule has 0 fully saturated rings. The summed E-state index contributed by atoms with van der Waals surface area (Å²) in [5.41, 5.74) is 1.95. The van der Waals surface area contributed by atoms with Crippen molar-refractivity contribution in [3.8, 4) is 11.5 Å². The minimum atomic E-state index is 0.141. The van der Waals surface area contributed by atoms with Gasteiger partial charge < -0.3 is 9.31 Å². The van der Waals surface area contributed by atoms with Gasteiger partial charge in [-0.2, -0.15) is 0 Å². The molecule has 0 aliphatic heterocycles. The molecule has 2 rings (SSSR count). The average molecular weight is 295 g/mol. The summed E-state index contributed by atoms with van der Waals surface area (Å²) in [7, 11) is 0.141. The van der Waals surface area contributed by atoms with Crippen LogP contribution in [0.2, 0.25) is 10.0 Å². The van der Waals surface area contributed by atoms with E-state index >= 15 is 0 Å². The van der Waals surface area contributed by atoms with E-state index in [-0.39, 0.29) is 7.69 Å². The van der Waals surface area contributed by atoms with Gasteiger partial charge in [-0.3, -0.25) is 0 Å². The molecule has 0 atom stereocenters. The van der Waals surface area contributed by atoms with Crippen LogP contribution in [0.3, 0.4) is 0 Å². The molecule has 0 aromatic heterocycles. The second kappa shape index (κ2) is 6.22. The van der Waals surface area contributed by atoms with Gasteiger partial charge >= 0.3 is 7.69 Å². The van der Waals surface area contributed by atoms with Gasteiger partial charge in [0.15, 0.2) is 0 Å². The Labute approximate surface area is 123 Å². The summed E-state index contributed by atoms with van der Waals surface area (Å²) in [6.45, 7) is 3.86. The van der Waals surface area contributed by atoms with E-state index in [1.807, 2.05) is 38.1 Å². The smallest absolute Gasteiger partial charge is 0.529 e. The third-order valence-corrected chi connectivity index (χ3v) is 3.56. The molecule has 0 saturated carbocycles. The van der Waals surface area contributed by atoms with Crippen LogP contribution in [-0.4, -0.2) is 7.69 Å². The normalized spacial score (nSPS) is 10.1. The van der Waals surface area contributed by atoms with Crippen molar-refractivity contribution in [2.75, 3.05) is 0 Å². The van der Waals surface area contributed by atoms with Crippen molar-refractivity contribution in [2.45, 2.75) is 13.8 Å². The van der Waals surface area contributed by atoms with Crippen LogP contribution in [0.15, 0.2) is 36.4 Å². The lowest BCUT2D eigenvalue weighted by Crippen LogP contribution is -2.11. The molecule has 0 radical (unpaired) electrons. The van der Waals surface area contributed by atoms with Gasteiger partial charge in [-0.15, -0.1) is 0 Å². The van der Waals surface area contributed by atoms with Crippen molar-refractivity contribution in [3.05, 3.63) is 57.6 Å². The molecule has 98 valence electrons. The van der Waals surface area contributed by atoms with Crippen LogP contribution in [0, 0.1) is 13.8 Å². The van der Waals surface area contributed by atoms with E-state index in [4.69, 9.17) is 32.5 Å². The van der Waals surface area contributed by atoms with Crippen molar-refractivity contribution < 1.29 is 9.31 Å². The molecule has 19 heavy (non-hydrogen) atoms. The van der Waals surface area contributed by atoms with Gasteiger partial charge in [-0.05, 0) is 61.4 Å². The number of rotatable bonds is 4. The van der Waals surface area contributed by atoms with Crippen LogP contribution in [0.1, 0.15) is 11.1 Å². The van der Waals surface area contributed by atoms with Crippen LogP contribution in [-0.2, 0) is 0 Å². The number of halogens is 2. The van der Waals surface area contributed by atoms with Gasteiger partial charge in [0.25, 0.3) is 0 Å². The van der Waals surface area contributed by atoms with E-state index in [9.17, 15) is 0 Å². The Morgan fingerprint density at radius 2 is 1.21 bits per heavy atom. The van der Waals surface area contributed by atoms with E-state index < -0.39 is 0 Å². The fourth-order valence-electron chi connectivity index (χ4n) is 1.58. The van der Waals surface area contributed by atoms with Gasteiger partial charge in [-0.25, -0.2) is 0 Å². The van der Waals surface area contributed by atoms with E-state index in [0.29, 0.717) is 0 Å². The molecule has 2 aromatic rings. The largest absolute Gasteiger partial charge is 0.576 e. The van der Waals surface area contributed by atoms with Gasteiger partial charge in [0.1, 0.15) is 11.5 Å². The standard InChI is InChI=1S/C14H13BCl2O2/c1-9-7-11(3-5-13(9)16)18-15-19-12-4-6-14(17)10(2)8-12/h3-8,15H,1-2H3. The van der Waals surface area contributed by atoms with Crippen molar-refractivity contribution in [1.29, 1.82) is 0 Å². The lowest BCUT2D eigenvalue weighted by molar-refractivity contribution is 0.458. The summed E-state index contributed by atoms with van der Waals surface area (Å²) in [5, 5.41) is 1.45. The lowest BCUT2D eigenvalue weighted by Gasteiger charge is -2.09. The highest BCUT2D eigenvalue weighted by Crippen LogP contribution is 2.22. The molecule has 0 spiro atoms. The first-order chi connectivity index (χ1) is 9.06. The van der Waals surface area contributed by atoms with E-state index in [1.165, 1.54) is 0 Å². The molecule has 0 saturated heterocycles. The van der Waals surface area contributed by atoms with Crippen molar-refractivity contribution in [2.24, 2.45) is 0 Å². The van der Waals surface area contributed by atoms with Crippen LogP contribution < -0.4 is 9.31 Å². The monoisotopic (exact) mass is 294 g/mol. The first-order valence-corrected chi connectivity index (χ1v) is 6.60. The van der Waals surface area contributed by atoms with Crippen LogP contribution >= 0.6 is 23.2 Å². The predicted octanol–water partition coefficient (Wildman–Crippen LogP) is 4.33. The molecule has 0 unspecified atom stereocenters. The van der Waals surface area contributed by atoms with Gasteiger partial charge in [-0.1, -0.05) is 23.2 Å². The van der Waals surface area contributed by atoms with E-state index in [2.05, 4.69) is 0 Å². The molecule has 0 bridgehead atoms. The average Bonchev–Trinajstić information content (AvgIpc) is 2.38. The Bertz CT molecular complexity index is 536. The summed E-state index contributed by atoms with van der Waals surface area (Å²) in [6.07, 6.45) is 0. The maximum Gasteiger partial charge on any atom is 0.576 e. The second-order valence-electron chi connectivity index (χ2n) is 4.23. The Kier molecular flexibility index (Phi) is 4.62. The number of aryl methyl sites for hydroxylation is 2. The predicted molar refractivity (Wildman–Crippen MR) is 80.8 cm³/mol. The van der Waals surface area contributed by atoms with Gasteiger partial charge in [0.2, 0.25) is 0 Å². The summed E-state index contributed by atoms with van der Waals surface area (Å²) in [6, 6.07) is 11.0. The van der Waals surface area contributed by atoms with Crippen molar-refractivity contribution in [1.82, 2.24) is 0 Å². The number of hydrogen-bond acceptors (Lipinski definition) is 2. The molecule has 5 heteroatoms. The summed E-state index contributed by atoms with van der Waals surface area (Å²) >= 11 is 11.9. The summed E-state index contributed by atoms with van der Waals surface area (Å²) in [4.78, 5) is 0. The molecule has 2 aromatic carbocycles. The van der Waals surface area contributed by atoms with Crippen LogP contribution in [0.25, 0.3) is 0 Å². The van der Waals surface area contributed by atoms with Gasteiger partial charge in [0.05, 0.1) is 0 Å². The molecule has 0 heterocycles. The molecular formula is C14H13BCl2O2. The highest BCUT2D eigenvalue weighted by molar-refractivity contribution is 6.31. The zero-order valence-electron chi connectivity index (χ0n) is 10.7. The zero-order chi connectivity index (χ0) is 13.8. The topological polar surface area (TPSA) is 18.5 Å². The first kappa shape index (κ1) is 14.1. The second-order valence-corrected chi connectivity index (χ2v) is 5.04. The summed E-state index contributed by atoms with van der Waals surface area (Å²) < 4.78 is 11.0. The third-order valence-electron chi connectivity index (χ3n) is 2.71. The first-order valence-electron chi connectivity index (χ1n) is 5.84. The number of hydrogen-bond donors (Lipinski definition) is 0. The Morgan fingerprint density at radius 1 is 0.789 bits per heavy atom. The fourth-order valence-corrected chi connectivity index (χ4v) is 1.81. The van der Waals surface area contributed by atoms with Gasteiger partial charge in [0, 0.05) is 10.0 Å². The molecule has 2 nitrogen and oxygen atoms in total. The highest BCUT2D eigenvalue weighted by Gasteiger charge is 2.03. The summed E-state index contributed by atoms with van der Waals surface area (Å²) in [5.74, 6) is 1.46. The Balaban J connectivity index is 1.92. The van der Waals surface area contributed by atoms with Crippen molar-refractivity contribution in [3.63, 3.8) is 0 Å². The molecule has 0 amide bonds. The number of benzene rings is 2. The van der Waals surface area contributed by atoms with Crippen LogP contribution in [0.5, 0.6) is 11.5 Å². The lowest BCUT2D eigenvalue weighted by atomic mass is 10.2. The molecule has 0 aliphatic carbocycles. The van der Waals surface area contributed by atoms with E-state index in [1.54, 1.807) is 12.1 Å². The SMILES string of the molecule is Cc1cc(OBOc2ccc(Cl)c(C)c2)ccc1Cl. The zero-order valence-corrected chi connectivity index (χ0v) is 12.3. The van der Waals surface area contributed by atoms with E-state index in [0.717, 1.165) is 32.7 Å². The molecule has 0 N–H and O–H groups in total.